The average molecular weight is 278 g/mol. The van der Waals surface area contributed by atoms with Gasteiger partial charge in [-0.1, -0.05) is 19.9 Å². The molecule has 0 radical (unpaired) electrons. The van der Waals surface area contributed by atoms with Gasteiger partial charge in [-0.2, -0.15) is 0 Å². The topological polar surface area (TPSA) is 78.9 Å². The van der Waals surface area contributed by atoms with E-state index in [4.69, 9.17) is 14.2 Å². The molecule has 0 aromatic heterocycles. The van der Waals surface area contributed by atoms with Crippen LogP contribution in [0.3, 0.4) is 0 Å². The molecular weight excluding hydrogens is 260 g/mol. The highest BCUT2D eigenvalue weighted by molar-refractivity contribution is 7.94. The van der Waals surface area contributed by atoms with Crippen LogP contribution in [0.4, 0.5) is 4.79 Å². The number of sulfone groups is 1. The van der Waals surface area contributed by atoms with Gasteiger partial charge >= 0.3 is 6.16 Å². The summed E-state index contributed by atoms with van der Waals surface area (Å²) in [5, 5.41) is 0.822. The van der Waals surface area contributed by atoms with Crippen LogP contribution in [0.5, 0.6) is 0 Å². The van der Waals surface area contributed by atoms with E-state index in [1.54, 1.807) is 0 Å². The van der Waals surface area contributed by atoms with Gasteiger partial charge in [-0.15, -0.1) is 0 Å². The van der Waals surface area contributed by atoms with E-state index in [-0.39, 0.29) is 6.61 Å². The van der Waals surface area contributed by atoms with E-state index < -0.39 is 27.2 Å². The second-order valence-corrected chi connectivity index (χ2v) is 6.27. The van der Waals surface area contributed by atoms with Gasteiger partial charge in [0.2, 0.25) is 0 Å². The number of ether oxygens (including phenoxy) is 3. The number of carbonyl (C=O) groups is 1. The Morgan fingerprint density at radius 1 is 1.61 bits per heavy atom. The minimum absolute atomic E-state index is 0.0944. The fraction of sp³-hybridized carbons (Fsp3) is 0.727. The van der Waals surface area contributed by atoms with Crippen molar-refractivity contribution in [3.63, 3.8) is 0 Å². The van der Waals surface area contributed by atoms with Crippen LogP contribution >= 0.6 is 0 Å². The zero-order valence-electron chi connectivity index (χ0n) is 10.5. The predicted octanol–water partition coefficient (Wildman–Crippen LogP) is 1.96. The van der Waals surface area contributed by atoms with Crippen LogP contribution in [0.15, 0.2) is 12.0 Å². The Kier molecular flexibility index (Phi) is 4.75. The lowest BCUT2D eigenvalue weighted by molar-refractivity contribution is -0.191. The number of hydrogen-bond donors (Lipinski definition) is 0. The maximum Gasteiger partial charge on any atom is 0.511 e. The molecular formula is C11H18O6S. The van der Waals surface area contributed by atoms with Gasteiger partial charge < -0.3 is 14.2 Å². The van der Waals surface area contributed by atoms with Crippen LogP contribution in [-0.2, 0) is 24.0 Å². The molecule has 6 nitrogen and oxygen atoms in total. The van der Waals surface area contributed by atoms with Gasteiger partial charge in [0.1, 0.15) is 0 Å². The van der Waals surface area contributed by atoms with Gasteiger partial charge in [0.25, 0.3) is 5.79 Å². The smallest absolute Gasteiger partial charge is 0.427 e. The molecule has 2 atom stereocenters. The lowest BCUT2D eigenvalue weighted by Gasteiger charge is -2.27. The van der Waals surface area contributed by atoms with Gasteiger partial charge in [0.15, 0.2) is 21.9 Å². The Morgan fingerprint density at radius 2 is 2.28 bits per heavy atom. The molecule has 0 aliphatic carbocycles. The molecule has 104 valence electrons. The molecule has 1 heterocycles. The summed E-state index contributed by atoms with van der Waals surface area (Å²) in [6, 6.07) is 0. The molecule has 18 heavy (non-hydrogen) atoms. The summed E-state index contributed by atoms with van der Waals surface area (Å²) in [5.41, 5.74) is -1.14. The third-order valence-electron chi connectivity index (χ3n) is 2.67. The summed E-state index contributed by atoms with van der Waals surface area (Å²) in [5.74, 6) is -1.30. The van der Waals surface area contributed by atoms with Crippen molar-refractivity contribution in [2.45, 2.75) is 44.3 Å². The van der Waals surface area contributed by atoms with E-state index in [0.29, 0.717) is 6.42 Å². The molecule has 0 spiro atoms. The Morgan fingerprint density at radius 3 is 2.72 bits per heavy atom. The standard InChI is InChI=1S/C11H18O6S/c1-4-6-7-11(8-15-10(12)17-11)16-9(3)18(13,14)5-2/h5,9H,2,4,6-8H2,1,3H3. The van der Waals surface area contributed by atoms with E-state index in [2.05, 4.69) is 6.58 Å². The molecule has 1 fully saturated rings. The minimum atomic E-state index is -3.57. The summed E-state index contributed by atoms with van der Waals surface area (Å²) in [6.45, 7) is 6.47. The molecule has 0 amide bonds. The summed E-state index contributed by atoms with van der Waals surface area (Å²) < 4.78 is 38.2. The predicted molar refractivity (Wildman–Crippen MR) is 64.4 cm³/mol. The number of cyclic esters (lactones) is 2. The van der Waals surface area contributed by atoms with Crippen molar-refractivity contribution in [3.8, 4) is 0 Å². The van der Waals surface area contributed by atoms with E-state index in [0.717, 1.165) is 18.2 Å². The van der Waals surface area contributed by atoms with E-state index in [1.165, 1.54) is 6.92 Å². The van der Waals surface area contributed by atoms with Crippen molar-refractivity contribution in [2.24, 2.45) is 0 Å². The monoisotopic (exact) mass is 278 g/mol. The molecule has 7 heteroatoms. The highest BCUT2D eigenvalue weighted by Gasteiger charge is 2.45. The highest BCUT2D eigenvalue weighted by Crippen LogP contribution is 2.30. The summed E-state index contributed by atoms with van der Waals surface area (Å²) in [6.07, 6.45) is 1.16. The van der Waals surface area contributed by atoms with Crippen molar-refractivity contribution in [1.29, 1.82) is 0 Å². The molecule has 1 saturated heterocycles. The second-order valence-electron chi connectivity index (χ2n) is 4.10. The second kappa shape index (κ2) is 5.71. The average Bonchev–Trinajstić information content (AvgIpc) is 2.68. The lowest BCUT2D eigenvalue weighted by Crippen LogP contribution is -2.40. The number of unbranched alkanes of at least 4 members (excludes halogenated alkanes) is 1. The molecule has 0 aromatic carbocycles. The van der Waals surface area contributed by atoms with Gasteiger partial charge in [-0.05, 0) is 13.3 Å². The Labute approximate surface area is 107 Å². The first-order valence-electron chi connectivity index (χ1n) is 5.75. The maximum atomic E-state index is 11.6. The van der Waals surface area contributed by atoms with Gasteiger partial charge in [0.05, 0.1) is 0 Å². The first-order valence-corrected chi connectivity index (χ1v) is 7.36. The molecule has 0 N–H and O–H groups in total. The fourth-order valence-corrected chi connectivity index (χ4v) is 2.15. The van der Waals surface area contributed by atoms with Gasteiger partial charge in [-0.25, -0.2) is 13.2 Å². The summed E-state index contributed by atoms with van der Waals surface area (Å²) >= 11 is 0. The molecule has 0 saturated carbocycles. The van der Waals surface area contributed by atoms with Crippen molar-refractivity contribution >= 4 is 16.0 Å². The first-order chi connectivity index (χ1) is 8.35. The molecule has 1 aliphatic heterocycles. The van der Waals surface area contributed by atoms with E-state index >= 15 is 0 Å². The van der Waals surface area contributed by atoms with Crippen molar-refractivity contribution in [3.05, 3.63) is 12.0 Å². The molecule has 2 unspecified atom stereocenters. The van der Waals surface area contributed by atoms with Gasteiger partial charge in [0, 0.05) is 11.8 Å². The largest absolute Gasteiger partial charge is 0.511 e. The zero-order valence-corrected chi connectivity index (χ0v) is 11.4. The van der Waals surface area contributed by atoms with E-state index in [9.17, 15) is 13.2 Å². The SMILES string of the molecule is C=CS(=O)(=O)C(C)OC1(CCCC)COC(=O)O1. The van der Waals surface area contributed by atoms with Crippen LogP contribution in [0.1, 0.15) is 33.1 Å². The lowest BCUT2D eigenvalue weighted by atomic mass is 10.1. The zero-order chi connectivity index (χ0) is 13.8. The van der Waals surface area contributed by atoms with Crippen LogP contribution < -0.4 is 0 Å². The number of carbonyl (C=O) groups excluding carboxylic acids is 1. The third kappa shape index (κ3) is 3.46. The molecule has 1 aliphatic rings. The Bertz CT molecular complexity index is 415. The fourth-order valence-electron chi connectivity index (χ4n) is 1.57. The molecule has 1 rings (SSSR count). The quantitative estimate of drug-likeness (QED) is 0.662. The van der Waals surface area contributed by atoms with Crippen molar-refractivity contribution < 1.29 is 27.4 Å². The van der Waals surface area contributed by atoms with Crippen LogP contribution in [-0.4, -0.2) is 32.4 Å². The highest BCUT2D eigenvalue weighted by atomic mass is 32.2. The van der Waals surface area contributed by atoms with Crippen LogP contribution in [0, 0.1) is 0 Å². The van der Waals surface area contributed by atoms with Crippen molar-refractivity contribution in [2.75, 3.05) is 6.61 Å². The maximum absolute atomic E-state index is 11.6. The van der Waals surface area contributed by atoms with E-state index in [1.807, 2.05) is 6.92 Å². The summed E-state index contributed by atoms with van der Waals surface area (Å²) in [7, 11) is -3.57. The minimum Gasteiger partial charge on any atom is -0.427 e. The number of rotatable bonds is 7. The van der Waals surface area contributed by atoms with Crippen LogP contribution in [0.25, 0.3) is 0 Å². The third-order valence-corrected chi connectivity index (χ3v) is 4.15. The van der Waals surface area contributed by atoms with Crippen LogP contribution in [0.2, 0.25) is 0 Å². The number of hydrogen-bond acceptors (Lipinski definition) is 6. The normalized spacial score (nSPS) is 25.3. The first kappa shape index (κ1) is 15.0. The van der Waals surface area contributed by atoms with Crippen molar-refractivity contribution in [1.82, 2.24) is 0 Å². The summed E-state index contributed by atoms with van der Waals surface area (Å²) in [4.78, 5) is 11.0. The Balaban J connectivity index is 2.80. The Hall–Kier alpha value is -1.08. The van der Waals surface area contributed by atoms with Gasteiger partial charge in [-0.3, -0.25) is 0 Å². The molecule has 0 aromatic rings. The molecule has 0 bridgehead atoms.